The minimum Gasteiger partial charge on any atom is -0.292 e. The highest BCUT2D eigenvalue weighted by atomic mass is 32.1. The van der Waals surface area contributed by atoms with Gasteiger partial charge in [0.05, 0.1) is 6.54 Å². The van der Waals surface area contributed by atoms with E-state index in [1.54, 1.807) is 4.90 Å². The second-order valence-electron chi connectivity index (χ2n) is 5.77. The second-order valence-corrected chi connectivity index (χ2v) is 6.09. The van der Waals surface area contributed by atoms with Crippen LogP contribution in [0.25, 0.3) is 0 Å². The molecule has 0 unspecified atom stereocenters. The van der Waals surface area contributed by atoms with Gasteiger partial charge in [0, 0.05) is 12.6 Å². The van der Waals surface area contributed by atoms with Crippen LogP contribution in [0.1, 0.15) is 53.4 Å². The lowest BCUT2D eigenvalue weighted by atomic mass is 9.80. The zero-order chi connectivity index (χ0) is 15.1. The van der Waals surface area contributed by atoms with Crippen molar-refractivity contribution < 1.29 is 13.2 Å². The summed E-state index contributed by atoms with van der Waals surface area (Å²) < 4.78 is 38.0. The topological polar surface area (TPSA) is 3.24 Å². The third-order valence-electron chi connectivity index (χ3n) is 3.55. The molecule has 5 heteroatoms. The standard InChI is InChI=1S/C14H28F3NS/c1-5-7-13(11-19,8-6-2)9-18(12(3)4)10-14(15,16)17/h12,19H,5-11H2,1-4H3. The van der Waals surface area contributed by atoms with Gasteiger partial charge < -0.3 is 0 Å². The molecule has 0 saturated carbocycles. The van der Waals surface area contributed by atoms with Crippen molar-refractivity contribution in [2.45, 2.75) is 65.6 Å². The Balaban J connectivity index is 4.92. The molecule has 0 aliphatic heterocycles. The molecule has 0 heterocycles. The van der Waals surface area contributed by atoms with Crippen LogP contribution in [0.4, 0.5) is 13.2 Å². The maximum absolute atomic E-state index is 12.7. The summed E-state index contributed by atoms with van der Waals surface area (Å²) in [6, 6.07) is -0.102. The van der Waals surface area contributed by atoms with Crippen LogP contribution in [0.2, 0.25) is 0 Å². The molecule has 0 N–H and O–H groups in total. The van der Waals surface area contributed by atoms with Gasteiger partial charge in [0.25, 0.3) is 0 Å². The highest BCUT2D eigenvalue weighted by Crippen LogP contribution is 2.34. The van der Waals surface area contributed by atoms with Gasteiger partial charge in [0.1, 0.15) is 0 Å². The smallest absolute Gasteiger partial charge is 0.292 e. The van der Waals surface area contributed by atoms with E-state index < -0.39 is 12.7 Å². The first kappa shape index (κ1) is 19.1. The van der Waals surface area contributed by atoms with Crippen LogP contribution in [-0.2, 0) is 0 Å². The molecule has 0 spiro atoms. The fourth-order valence-corrected chi connectivity index (χ4v) is 3.05. The van der Waals surface area contributed by atoms with Crippen molar-refractivity contribution in [3.05, 3.63) is 0 Å². The normalized spacial score (nSPS) is 13.6. The molecule has 0 rings (SSSR count). The Kier molecular flexibility index (Phi) is 8.45. The van der Waals surface area contributed by atoms with Gasteiger partial charge in [-0.1, -0.05) is 26.7 Å². The molecule has 0 aromatic heterocycles. The van der Waals surface area contributed by atoms with E-state index in [1.165, 1.54) is 0 Å². The van der Waals surface area contributed by atoms with Gasteiger partial charge in [-0.25, -0.2) is 0 Å². The molecule has 0 aliphatic rings. The Bertz CT molecular complexity index is 235. The van der Waals surface area contributed by atoms with Crippen molar-refractivity contribution in [3.63, 3.8) is 0 Å². The second kappa shape index (κ2) is 8.40. The number of hydrogen-bond acceptors (Lipinski definition) is 2. The number of halogens is 3. The highest BCUT2D eigenvalue weighted by Gasteiger charge is 2.36. The highest BCUT2D eigenvalue weighted by molar-refractivity contribution is 7.80. The van der Waals surface area contributed by atoms with Crippen LogP contribution in [0.5, 0.6) is 0 Å². The maximum Gasteiger partial charge on any atom is 0.401 e. The van der Waals surface area contributed by atoms with E-state index in [-0.39, 0.29) is 11.5 Å². The molecule has 0 aromatic carbocycles. The molecule has 0 aromatic rings. The molecule has 0 fully saturated rings. The van der Waals surface area contributed by atoms with Crippen molar-refractivity contribution >= 4 is 12.6 Å². The number of hydrogen-bond donors (Lipinski definition) is 1. The molecular formula is C14H28F3NS. The van der Waals surface area contributed by atoms with Crippen LogP contribution in [0, 0.1) is 5.41 Å². The summed E-state index contributed by atoms with van der Waals surface area (Å²) in [5.41, 5.74) is -0.0951. The van der Waals surface area contributed by atoms with Gasteiger partial charge in [-0.2, -0.15) is 25.8 Å². The predicted molar refractivity (Wildman–Crippen MR) is 78.9 cm³/mol. The number of rotatable bonds is 9. The molecule has 0 bridgehead atoms. The van der Waals surface area contributed by atoms with Crippen LogP contribution in [-0.4, -0.2) is 36.0 Å². The summed E-state index contributed by atoms with van der Waals surface area (Å²) in [5, 5.41) is 0. The minimum absolute atomic E-state index is 0.0951. The van der Waals surface area contributed by atoms with Gasteiger partial charge in [0.2, 0.25) is 0 Å². The first-order valence-corrected chi connectivity index (χ1v) is 7.74. The van der Waals surface area contributed by atoms with Crippen LogP contribution < -0.4 is 0 Å². The molecule has 0 radical (unpaired) electrons. The van der Waals surface area contributed by atoms with E-state index in [0.29, 0.717) is 12.3 Å². The predicted octanol–water partition coefficient (Wildman–Crippen LogP) is 4.78. The Labute approximate surface area is 121 Å². The number of nitrogens with zero attached hydrogens (tertiary/aromatic N) is 1. The van der Waals surface area contributed by atoms with Gasteiger partial charge in [-0.3, -0.25) is 4.90 Å². The third kappa shape index (κ3) is 7.45. The van der Waals surface area contributed by atoms with Crippen LogP contribution in [0.15, 0.2) is 0 Å². The van der Waals surface area contributed by atoms with Crippen molar-refractivity contribution in [1.29, 1.82) is 0 Å². The maximum atomic E-state index is 12.7. The lowest BCUT2D eigenvalue weighted by Gasteiger charge is -2.39. The zero-order valence-electron chi connectivity index (χ0n) is 12.6. The number of thiol groups is 1. The quantitative estimate of drug-likeness (QED) is 0.600. The van der Waals surface area contributed by atoms with Crippen LogP contribution in [0.3, 0.4) is 0 Å². The average Bonchev–Trinajstić information content (AvgIpc) is 2.26. The molecule has 0 atom stereocenters. The minimum atomic E-state index is -4.13. The Morgan fingerprint density at radius 3 is 1.74 bits per heavy atom. The van der Waals surface area contributed by atoms with E-state index in [4.69, 9.17) is 0 Å². The molecule has 19 heavy (non-hydrogen) atoms. The average molecular weight is 299 g/mol. The molecule has 0 amide bonds. The lowest BCUT2D eigenvalue weighted by molar-refractivity contribution is -0.153. The fraction of sp³-hybridized carbons (Fsp3) is 1.00. The Morgan fingerprint density at radius 2 is 1.47 bits per heavy atom. The van der Waals surface area contributed by atoms with Crippen molar-refractivity contribution in [2.24, 2.45) is 5.41 Å². The molecule has 116 valence electrons. The third-order valence-corrected chi connectivity index (χ3v) is 4.22. The van der Waals surface area contributed by atoms with E-state index in [0.717, 1.165) is 25.7 Å². The van der Waals surface area contributed by atoms with Gasteiger partial charge in [0.15, 0.2) is 0 Å². The Morgan fingerprint density at radius 1 is 1.00 bits per heavy atom. The van der Waals surface area contributed by atoms with Crippen molar-refractivity contribution in [3.8, 4) is 0 Å². The Hall–Kier alpha value is 0.100. The number of alkyl halides is 3. The van der Waals surface area contributed by atoms with E-state index in [1.807, 2.05) is 13.8 Å². The summed E-state index contributed by atoms with van der Waals surface area (Å²) in [7, 11) is 0. The summed E-state index contributed by atoms with van der Waals surface area (Å²) in [4.78, 5) is 1.54. The summed E-state index contributed by atoms with van der Waals surface area (Å²) in [6.45, 7) is 7.47. The first-order chi connectivity index (χ1) is 8.69. The monoisotopic (exact) mass is 299 g/mol. The van der Waals surface area contributed by atoms with Crippen molar-refractivity contribution in [1.82, 2.24) is 4.90 Å². The van der Waals surface area contributed by atoms with Crippen LogP contribution >= 0.6 is 12.6 Å². The van der Waals surface area contributed by atoms with Gasteiger partial charge in [-0.15, -0.1) is 0 Å². The molecule has 0 aliphatic carbocycles. The van der Waals surface area contributed by atoms with Crippen molar-refractivity contribution in [2.75, 3.05) is 18.8 Å². The van der Waals surface area contributed by atoms with Gasteiger partial charge >= 0.3 is 6.18 Å². The lowest BCUT2D eigenvalue weighted by Crippen LogP contribution is -2.46. The largest absolute Gasteiger partial charge is 0.401 e. The summed E-state index contributed by atoms with van der Waals surface area (Å²) >= 11 is 4.42. The summed E-state index contributed by atoms with van der Waals surface area (Å²) in [5.74, 6) is 0.649. The summed E-state index contributed by atoms with van der Waals surface area (Å²) in [6.07, 6.45) is -0.293. The van der Waals surface area contributed by atoms with E-state index in [9.17, 15) is 13.2 Å². The molecule has 0 saturated heterocycles. The van der Waals surface area contributed by atoms with E-state index >= 15 is 0 Å². The molecular weight excluding hydrogens is 271 g/mol. The van der Waals surface area contributed by atoms with Gasteiger partial charge in [-0.05, 0) is 37.9 Å². The molecule has 1 nitrogen and oxygen atoms in total. The SMILES string of the molecule is CCCC(CS)(CCC)CN(CC(F)(F)F)C(C)C. The van der Waals surface area contributed by atoms with E-state index in [2.05, 4.69) is 26.5 Å². The first-order valence-electron chi connectivity index (χ1n) is 7.11. The fourth-order valence-electron chi connectivity index (χ4n) is 2.63. The zero-order valence-corrected chi connectivity index (χ0v) is 13.4.